The fraction of sp³-hybridized carbons (Fsp3) is 1.00. The molecule has 0 N–H and O–H groups in total. The van der Waals surface area contributed by atoms with E-state index in [9.17, 15) is 39.2 Å². The number of hydrogen-bond donors (Lipinski definition) is 0. The first-order valence-electron chi connectivity index (χ1n) is 5.90. The average molecular weight is 344 g/mol. The molecule has 3 aliphatic carbocycles. The van der Waals surface area contributed by atoms with Gasteiger partial charge < -0.3 is 0 Å². The van der Waals surface area contributed by atoms with Crippen molar-refractivity contribution < 1.29 is 43.3 Å². The molecule has 2 bridgehead atoms. The van der Waals surface area contributed by atoms with Crippen molar-refractivity contribution >= 4 is 10.1 Å². The summed E-state index contributed by atoms with van der Waals surface area (Å²) in [6.45, 7) is 0.905. The molecule has 0 spiro atoms. The minimum absolute atomic E-state index is 0.553. The largest absolute Gasteiger partial charge is 0.523 e. The first-order chi connectivity index (χ1) is 9.12. The van der Waals surface area contributed by atoms with Crippen LogP contribution in [0.15, 0.2) is 0 Å². The molecule has 0 amide bonds. The van der Waals surface area contributed by atoms with Gasteiger partial charge in [0.1, 0.15) is 0 Å². The molecule has 124 valence electrons. The van der Waals surface area contributed by atoms with Crippen LogP contribution in [0.1, 0.15) is 32.6 Å². The van der Waals surface area contributed by atoms with Gasteiger partial charge in [-0.25, -0.2) is 4.18 Å². The normalized spacial score (nSPS) is 38.5. The lowest BCUT2D eigenvalue weighted by Gasteiger charge is -2.58. The molecule has 0 aromatic heterocycles. The number of halogens is 7. The standard InChI is InChI=1S/C10H11F7O3S/c1-6-2-4-7(5-3-6,9(13,14)8(6,11)12)20-21(18,19)10(15,16)17/h2-5H2,1H3. The van der Waals surface area contributed by atoms with Crippen molar-refractivity contribution in [3.05, 3.63) is 0 Å². The van der Waals surface area contributed by atoms with Gasteiger partial charge in [0, 0.05) is 5.41 Å². The summed E-state index contributed by atoms with van der Waals surface area (Å²) in [4.78, 5) is 0. The molecule has 0 radical (unpaired) electrons. The number of rotatable bonds is 2. The quantitative estimate of drug-likeness (QED) is 0.438. The van der Waals surface area contributed by atoms with Crippen LogP contribution in [0, 0.1) is 5.41 Å². The molecule has 0 atom stereocenters. The van der Waals surface area contributed by atoms with Gasteiger partial charge in [0.15, 0.2) is 5.60 Å². The highest BCUT2D eigenvalue weighted by Crippen LogP contribution is 2.68. The van der Waals surface area contributed by atoms with Gasteiger partial charge in [0.05, 0.1) is 0 Å². The minimum atomic E-state index is -6.40. The average Bonchev–Trinajstić information content (AvgIpc) is 2.28. The fourth-order valence-electron chi connectivity index (χ4n) is 2.89. The summed E-state index contributed by atoms with van der Waals surface area (Å²) >= 11 is 0. The number of alkyl halides is 7. The summed E-state index contributed by atoms with van der Waals surface area (Å²) < 4.78 is 118. The van der Waals surface area contributed by atoms with Gasteiger partial charge in [0.25, 0.3) is 0 Å². The van der Waals surface area contributed by atoms with Crippen LogP contribution in [0.5, 0.6) is 0 Å². The molecule has 0 unspecified atom stereocenters. The zero-order chi connectivity index (χ0) is 16.5. The van der Waals surface area contributed by atoms with E-state index in [-0.39, 0.29) is 0 Å². The first kappa shape index (κ1) is 16.8. The van der Waals surface area contributed by atoms with Crippen molar-refractivity contribution in [2.75, 3.05) is 0 Å². The molecule has 0 aromatic rings. The van der Waals surface area contributed by atoms with Crippen molar-refractivity contribution in [2.24, 2.45) is 5.41 Å². The second kappa shape index (κ2) is 4.03. The molecular weight excluding hydrogens is 333 g/mol. The van der Waals surface area contributed by atoms with Gasteiger partial charge in [-0.05, 0) is 25.7 Å². The lowest BCUT2D eigenvalue weighted by atomic mass is 9.55. The Morgan fingerprint density at radius 2 is 1.33 bits per heavy atom. The van der Waals surface area contributed by atoms with Crippen LogP contribution in [0.2, 0.25) is 0 Å². The lowest BCUT2D eigenvalue weighted by molar-refractivity contribution is -0.372. The van der Waals surface area contributed by atoms with Crippen LogP contribution in [0.25, 0.3) is 0 Å². The monoisotopic (exact) mass is 344 g/mol. The Morgan fingerprint density at radius 3 is 1.71 bits per heavy atom. The summed E-state index contributed by atoms with van der Waals surface area (Å²) in [5.41, 5.74) is -11.4. The maximum absolute atomic E-state index is 14.0. The van der Waals surface area contributed by atoms with E-state index in [4.69, 9.17) is 0 Å². The Labute approximate surface area is 115 Å². The van der Waals surface area contributed by atoms with E-state index in [0.29, 0.717) is 0 Å². The van der Waals surface area contributed by atoms with Crippen molar-refractivity contribution in [3.63, 3.8) is 0 Å². The number of hydrogen-bond acceptors (Lipinski definition) is 3. The molecule has 0 saturated heterocycles. The second-order valence-corrected chi connectivity index (χ2v) is 7.22. The van der Waals surface area contributed by atoms with Crippen molar-refractivity contribution in [3.8, 4) is 0 Å². The molecule has 11 heteroatoms. The fourth-order valence-corrected chi connectivity index (χ4v) is 3.68. The molecule has 3 nitrogen and oxygen atoms in total. The Kier molecular flexibility index (Phi) is 3.22. The van der Waals surface area contributed by atoms with Gasteiger partial charge in [-0.3, -0.25) is 0 Å². The molecule has 21 heavy (non-hydrogen) atoms. The summed E-state index contributed by atoms with van der Waals surface area (Å²) in [5.74, 6) is -9.67. The van der Waals surface area contributed by atoms with E-state index in [1.165, 1.54) is 0 Å². The highest BCUT2D eigenvalue weighted by Gasteiger charge is 2.82. The predicted molar refractivity (Wildman–Crippen MR) is 55.3 cm³/mol. The Bertz CT molecular complexity index is 543. The van der Waals surface area contributed by atoms with E-state index in [1.807, 2.05) is 0 Å². The van der Waals surface area contributed by atoms with Crippen molar-refractivity contribution in [2.45, 2.75) is 55.6 Å². The van der Waals surface area contributed by atoms with Crippen LogP contribution >= 0.6 is 0 Å². The summed E-state index contributed by atoms with van der Waals surface area (Å²) in [7, 11) is -6.40. The first-order valence-corrected chi connectivity index (χ1v) is 7.30. The van der Waals surface area contributed by atoms with E-state index in [0.717, 1.165) is 6.92 Å². The SMILES string of the molecule is CC12CCC(OS(=O)(=O)C(F)(F)F)(CC1)C(F)(F)C2(F)F. The van der Waals surface area contributed by atoms with E-state index in [1.54, 1.807) is 0 Å². The third-order valence-electron chi connectivity index (χ3n) is 4.44. The van der Waals surface area contributed by atoms with Gasteiger partial charge >= 0.3 is 27.5 Å². The molecule has 3 saturated carbocycles. The third-order valence-corrected chi connectivity index (χ3v) is 5.54. The van der Waals surface area contributed by atoms with Gasteiger partial charge in [-0.2, -0.15) is 39.2 Å². The highest BCUT2D eigenvalue weighted by atomic mass is 32.2. The van der Waals surface area contributed by atoms with Crippen LogP contribution in [0.4, 0.5) is 30.7 Å². The van der Waals surface area contributed by atoms with Crippen LogP contribution < -0.4 is 0 Å². The maximum Gasteiger partial charge on any atom is 0.523 e. The third kappa shape index (κ3) is 1.92. The van der Waals surface area contributed by atoms with Crippen molar-refractivity contribution in [1.82, 2.24) is 0 Å². The zero-order valence-electron chi connectivity index (χ0n) is 10.6. The summed E-state index contributed by atoms with van der Waals surface area (Å²) in [6.07, 6.45) is -2.88. The van der Waals surface area contributed by atoms with Gasteiger partial charge in [-0.15, -0.1) is 0 Å². The molecule has 3 aliphatic rings. The second-order valence-electron chi connectivity index (χ2n) is 5.69. The lowest BCUT2D eigenvalue weighted by Crippen LogP contribution is -2.73. The molecule has 0 aromatic carbocycles. The topological polar surface area (TPSA) is 43.4 Å². The molecule has 0 aliphatic heterocycles. The Morgan fingerprint density at radius 1 is 0.905 bits per heavy atom. The predicted octanol–water partition coefficient (Wildman–Crippen LogP) is 3.46. The molecule has 3 rings (SSSR count). The smallest absolute Gasteiger partial charge is 0.250 e. The van der Waals surface area contributed by atoms with E-state index >= 15 is 0 Å². The Hall–Kier alpha value is -0.580. The Balaban J connectivity index is 2.49. The maximum atomic E-state index is 14.0. The highest BCUT2D eigenvalue weighted by molar-refractivity contribution is 7.87. The van der Waals surface area contributed by atoms with Crippen LogP contribution in [-0.2, 0) is 14.3 Å². The zero-order valence-corrected chi connectivity index (χ0v) is 11.4. The van der Waals surface area contributed by atoms with E-state index < -0.39 is 64.2 Å². The van der Waals surface area contributed by atoms with Crippen LogP contribution in [0.3, 0.4) is 0 Å². The van der Waals surface area contributed by atoms with Crippen molar-refractivity contribution in [1.29, 1.82) is 0 Å². The minimum Gasteiger partial charge on any atom is -0.250 e. The van der Waals surface area contributed by atoms with Gasteiger partial charge in [-0.1, -0.05) is 6.92 Å². The molecular formula is C10H11F7O3S. The molecule has 0 heterocycles. The summed E-state index contributed by atoms with van der Waals surface area (Å²) in [5, 5.41) is 0. The van der Waals surface area contributed by atoms with Crippen LogP contribution in [-0.4, -0.2) is 31.4 Å². The summed E-state index contributed by atoms with van der Waals surface area (Å²) in [6, 6.07) is 0. The van der Waals surface area contributed by atoms with Gasteiger partial charge in [0.2, 0.25) is 0 Å². The molecule has 3 fully saturated rings. The number of fused-ring (bicyclic) bond motifs is 3. The van der Waals surface area contributed by atoms with E-state index in [2.05, 4.69) is 4.18 Å².